The predicted octanol–water partition coefficient (Wildman–Crippen LogP) is 0.674. The summed E-state index contributed by atoms with van der Waals surface area (Å²) in [4.78, 5) is -0.599. The molecule has 0 heterocycles. The topological polar surface area (TPSA) is 83.6 Å². The van der Waals surface area contributed by atoms with Crippen LogP contribution in [0.4, 0.5) is 10.1 Å². The number of hydrogen-bond donors (Lipinski definition) is 2. The summed E-state index contributed by atoms with van der Waals surface area (Å²) in [7, 11) is -2.82. The van der Waals surface area contributed by atoms with Crippen LogP contribution in [0.5, 0.6) is 0 Å². The highest BCUT2D eigenvalue weighted by Gasteiger charge is 2.26. The molecule has 5 nitrogen and oxygen atoms in total. The lowest BCUT2D eigenvalue weighted by atomic mass is 10.3. The van der Waals surface area contributed by atoms with Gasteiger partial charge >= 0.3 is 0 Å². The number of nitrogens with two attached hydrogens (primary N) is 1. The van der Waals surface area contributed by atoms with Gasteiger partial charge in [-0.1, -0.05) is 11.6 Å². The van der Waals surface area contributed by atoms with E-state index in [1.165, 1.54) is 7.05 Å². The minimum Gasteiger partial charge on any atom is -0.399 e. The second kappa shape index (κ2) is 5.18. The molecule has 8 heteroatoms. The number of benzene rings is 1. The summed E-state index contributed by atoms with van der Waals surface area (Å²) in [6.45, 7) is -0.512. The van der Waals surface area contributed by atoms with E-state index in [2.05, 4.69) is 0 Å². The lowest BCUT2D eigenvalue weighted by molar-refractivity contribution is 0.266. The number of aliphatic hydroxyl groups excluding tert-OH is 1. The van der Waals surface area contributed by atoms with Crippen LogP contribution >= 0.6 is 11.6 Å². The van der Waals surface area contributed by atoms with Gasteiger partial charge in [-0.3, -0.25) is 0 Å². The molecule has 96 valence electrons. The maximum absolute atomic E-state index is 13.6. The molecule has 0 amide bonds. The van der Waals surface area contributed by atoms with Crippen molar-refractivity contribution in [2.75, 3.05) is 25.9 Å². The molecule has 0 saturated heterocycles. The first-order valence-corrected chi connectivity index (χ1v) is 6.44. The molecule has 1 rings (SSSR count). The van der Waals surface area contributed by atoms with Gasteiger partial charge in [0.25, 0.3) is 0 Å². The Bertz CT molecular complexity index is 521. The van der Waals surface area contributed by atoms with E-state index in [-0.39, 0.29) is 23.9 Å². The van der Waals surface area contributed by atoms with E-state index < -0.39 is 20.7 Å². The first-order valence-electron chi connectivity index (χ1n) is 4.62. The second-order valence-corrected chi connectivity index (χ2v) is 5.79. The van der Waals surface area contributed by atoms with Crippen LogP contribution in [0.3, 0.4) is 0 Å². The third-order valence-electron chi connectivity index (χ3n) is 2.12. The molecule has 1 aromatic carbocycles. The van der Waals surface area contributed by atoms with Crippen molar-refractivity contribution < 1.29 is 17.9 Å². The summed E-state index contributed by atoms with van der Waals surface area (Å²) in [5, 5.41) is 8.31. The van der Waals surface area contributed by atoms with Crippen LogP contribution in [0.25, 0.3) is 0 Å². The molecule has 0 saturated carbocycles. The minimum atomic E-state index is -4.04. The Morgan fingerprint density at radius 1 is 1.53 bits per heavy atom. The van der Waals surface area contributed by atoms with Crippen LogP contribution in [0, 0.1) is 5.82 Å². The van der Waals surface area contributed by atoms with Crippen LogP contribution in [-0.4, -0.2) is 38.0 Å². The Kier molecular flexibility index (Phi) is 4.31. The average molecular weight is 283 g/mol. The van der Waals surface area contributed by atoms with Gasteiger partial charge in [0, 0.05) is 19.3 Å². The first-order chi connectivity index (χ1) is 7.80. The van der Waals surface area contributed by atoms with Gasteiger partial charge in [0.1, 0.15) is 4.90 Å². The van der Waals surface area contributed by atoms with Crippen molar-refractivity contribution in [3.05, 3.63) is 23.0 Å². The molecular weight excluding hydrogens is 271 g/mol. The molecule has 0 bridgehead atoms. The first kappa shape index (κ1) is 14.2. The molecule has 0 unspecified atom stereocenters. The van der Waals surface area contributed by atoms with Crippen LogP contribution in [-0.2, 0) is 10.0 Å². The van der Waals surface area contributed by atoms with Gasteiger partial charge in [0.2, 0.25) is 10.0 Å². The van der Waals surface area contributed by atoms with Crippen molar-refractivity contribution in [2.24, 2.45) is 0 Å². The van der Waals surface area contributed by atoms with E-state index in [1.807, 2.05) is 0 Å². The van der Waals surface area contributed by atoms with Crippen molar-refractivity contribution in [3.8, 4) is 0 Å². The summed E-state index contributed by atoms with van der Waals surface area (Å²) in [5.41, 5.74) is 5.46. The molecule has 0 aromatic heterocycles. The number of hydrogen-bond acceptors (Lipinski definition) is 4. The number of likely N-dealkylation sites (N-methyl/N-ethyl adjacent to an activating group) is 1. The lowest BCUT2D eigenvalue weighted by Gasteiger charge is -2.17. The third kappa shape index (κ3) is 2.86. The number of aliphatic hydroxyl groups is 1. The fourth-order valence-corrected chi connectivity index (χ4v) is 2.76. The average Bonchev–Trinajstić information content (AvgIpc) is 2.23. The van der Waals surface area contributed by atoms with Crippen molar-refractivity contribution >= 4 is 27.3 Å². The number of sulfonamides is 1. The minimum absolute atomic E-state index is 0.0485. The van der Waals surface area contributed by atoms with Crippen LogP contribution in [0.2, 0.25) is 5.02 Å². The number of nitrogens with zero attached hydrogens (tertiary/aromatic N) is 1. The molecule has 1 aromatic rings. The summed E-state index contributed by atoms with van der Waals surface area (Å²) in [5.74, 6) is -1.05. The molecule has 0 aliphatic heterocycles. The fourth-order valence-electron chi connectivity index (χ4n) is 1.20. The number of nitrogen functional groups attached to an aromatic ring is 1. The molecule has 0 radical (unpaired) electrons. The smallest absolute Gasteiger partial charge is 0.245 e. The third-order valence-corrected chi connectivity index (χ3v) is 4.25. The van der Waals surface area contributed by atoms with Crippen molar-refractivity contribution in [1.29, 1.82) is 0 Å². The Labute approximate surface area is 104 Å². The number of halogens is 2. The van der Waals surface area contributed by atoms with Crippen molar-refractivity contribution in [1.82, 2.24) is 4.31 Å². The van der Waals surface area contributed by atoms with Crippen molar-refractivity contribution in [2.45, 2.75) is 4.90 Å². The van der Waals surface area contributed by atoms with E-state index in [9.17, 15) is 12.8 Å². The van der Waals surface area contributed by atoms with Crippen LogP contribution in [0.1, 0.15) is 0 Å². The van der Waals surface area contributed by atoms with Crippen LogP contribution < -0.4 is 5.73 Å². The molecule has 3 N–H and O–H groups in total. The number of anilines is 1. The van der Waals surface area contributed by atoms with E-state index in [1.54, 1.807) is 0 Å². The maximum Gasteiger partial charge on any atom is 0.245 e. The summed E-state index contributed by atoms with van der Waals surface area (Å²) in [6, 6.07) is 2.12. The molecular formula is C9H12ClFN2O3S. The zero-order valence-corrected chi connectivity index (χ0v) is 10.6. The highest BCUT2D eigenvalue weighted by Crippen LogP contribution is 2.27. The van der Waals surface area contributed by atoms with E-state index >= 15 is 0 Å². The normalized spacial score (nSPS) is 12.1. The lowest BCUT2D eigenvalue weighted by Crippen LogP contribution is -2.30. The van der Waals surface area contributed by atoms with Gasteiger partial charge in [-0.05, 0) is 12.1 Å². The van der Waals surface area contributed by atoms with Crippen molar-refractivity contribution in [3.63, 3.8) is 0 Å². The molecule has 0 atom stereocenters. The van der Waals surface area contributed by atoms with E-state index in [0.717, 1.165) is 16.4 Å². The highest BCUT2D eigenvalue weighted by molar-refractivity contribution is 7.89. The summed E-state index contributed by atoms with van der Waals surface area (Å²) in [6.07, 6.45) is 0. The van der Waals surface area contributed by atoms with E-state index in [4.69, 9.17) is 22.4 Å². The predicted molar refractivity (Wildman–Crippen MR) is 62.7 cm³/mol. The van der Waals surface area contributed by atoms with Gasteiger partial charge in [-0.25, -0.2) is 12.8 Å². The highest BCUT2D eigenvalue weighted by atomic mass is 35.5. The SMILES string of the molecule is CN(CCO)S(=O)(=O)c1cc(N)cc(Cl)c1F. The maximum atomic E-state index is 13.6. The van der Waals surface area contributed by atoms with Gasteiger partial charge in [-0.15, -0.1) is 0 Å². The Morgan fingerprint density at radius 2 is 2.12 bits per heavy atom. The molecule has 0 aliphatic carbocycles. The van der Waals surface area contributed by atoms with Gasteiger partial charge in [0.05, 0.1) is 11.6 Å². The quantitative estimate of drug-likeness (QED) is 0.795. The standard InChI is InChI=1S/C9H12ClFN2O3S/c1-13(2-3-14)17(15,16)8-5-6(12)4-7(10)9(8)11/h4-5,14H,2-3,12H2,1H3. The van der Waals surface area contributed by atoms with Crippen LogP contribution in [0.15, 0.2) is 17.0 Å². The zero-order valence-electron chi connectivity index (χ0n) is 9.02. The largest absolute Gasteiger partial charge is 0.399 e. The van der Waals surface area contributed by atoms with Gasteiger partial charge in [0.15, 0.2) is 5.82 Å². The van der Waals surface area contributed by atoms with Gasteiger partial charge in [-0.2, -0.15) is 4.31 Å². The zero-order chi connectivity index (χ0) is 13.2. The second-order valence-electron chi connectivity index (χ2n) is 3.37. The molecule has 0 spiro atoms. The van der Waals surface area contributed by atoms with Gasteiger partial charge < -0.3 is 10.8 Å². The monoisotopic (exact) mass is 282 g/mol. The Balaban J connectivity index is 3.33. The molecule has 0 aliphatic rings. The van der Waals surface area contributed by atoms with E-state index in [0.29, 0.717) is 0 Å². The Morgan fingerprint density at radius 3 is 2.65 bits per heavy atom. The summed E-state index contributed by atoms with van der Waals surface area (Å²) < 4.78 is 38.3. The molecule has 17 heavy (non-hydrogen) atoms. The number of rotatable bonds is 4. The Hall–Kier alpha value is -0.890. The fraction of sp³-hybridized carbons (Fsp3) is 0.333. The molecule has 0 fully saturated rings. The summed E-state index contributed by atoms with van der Waals surface area (Å²) >= 11 is 5.52.